The molecular formula is C12H8F6N2O. The average Bonchev–Trinajstić information content (AvgIpc) is 2.33. The lowest BCUT2D eigenvalue weighted by molar-refractivity contribution is -0.300. The summed E-state index contributed by atoms with van der Waals surface area (Å²) >= 11 is 0. The Morgan fingerprint density at radius 3 is 2.14 bits per heavy atom. The number of nitrogens with two attached hydrogens (primary N) is 1. The number of rotatable bonds is 2. The lowest BCUT2D eigenvalue weighted by Gasteiger charge is -2.23. The molecule has 1 aromatic heterocycles. The lowest BCUT2D eigenvalue weighted by atomic mass is 10.2. The molecular weight excluding hydrogens is 302 g/mol. The van der Waals surface area contributed by atoms with Gasteiger partial charge in [-0.25, -0.2) is 4.98 Å². The topological polar surface area (TPSA) is 48.1 Å². The van der Waals surface area contributed by atoms with Crippen LogP contribution < -0.4 is 10.5 Å². The van der Waals surface area contributed by atoms with Crippen molar-refractivity contribution in [3.63, 3.8) is 0 Å². The molecule has 0 bridgehead atoms. The third-order valence-electron chi connectivity index (χ3n) is 2.52. The Bertz CT molecular complexity index is 638. The van der Waals surface area contributed by atoms with E-state index in [1.54, 1.807) is 0 Å². The van der Waals surface area contributed by atoms with Gasteiger partial charge >= 0.3 is 12.4 Å². The lowest BCUT2D eigenvalue weighted by Crippen LogP contribution is -2.46. The Labute approximate surface area is 114 Å². The van der Waals surface area contributed by atoms with Gasteiger partial charge in [-0.15, -0.1) is 0 Å². The summed E-state index contributed by atoms with van der Waals surface area (Å²) in [5.41, 5.74) is 6.06. The molecule has 0 radical (unpaired) electrons. The van der Waals surface area contributed by atoms with Crippen molar-refractivity contribution in [3.05, 3.63) is 30.3 Å². The van der Waals surface area contributed by atoms with Crippen molar-refractivity contribution in [1.29, 1.82) is 0 Å². The van der Waals surface area contributed by atoms with E-state index >= 15 is 0 Å². The second kappa shape index (κ2) is 4.97. The number of nitrogens with zero attached hydrogens (tertiary/aromatic N) is 1. The number of benzene rings is 1. The van der Waals surface area contributed by atoms with E-state index in [4.69, 9.17) is 5.73 Å². The maximum Gasteiger partial charge on any atom is 0.434 e. The molecule has 0 spiro atoms. The summed E-state index contributed by atoms with van der Waals surface area (Å²) in [7, 11) is 0. The Morgan fingerprint density at radius 1 is 0.952 bits per heavy atom. The first kappa shape index (κ1) is 15.2. The molecule has 114 valence electrons. The molecule has 9 heteroatoms. The minimum Gasteiger partial charge on any atom is -0.455 e. The average molecular weight is 310 g/mol. The second-order valence-electron chi connectivity index (χ2n) is 4.18. The molecule has 0 fully saturated rings. The van der Waals surface area contributed by atoms with Crippen LogP contribution in [-0.4, -0.2) is 23.4 Å². The van der Waals surface area contributed by atoms with Crippen LogP contribution in [0.5, 0.6) is 5.88 Å². The van der Waals surface area contributed by atoms with E-state index in [1.807, 2.05) is 0 Å². The number of nitrogen functional groups attached to an aromatic ring is 1. The summed E-state index contributed by atoms with van der Waals surface area (Å²) in [6.07, 6.45) is -15.1. The number of anilines is 1. The molecule has 0 unspecified atom stereocenters. The number of fused-ring (bicyclic) bond motifs is 1. The predicted octanol–water partition coefficient (Wildman–Crippen LogP) is 3.69. The third-order valence-corrected chi connectivity index (χ3v) is 2.52. The van der Waals surface area contributed by atoms with Crippen LogP contribution in [-0.2, 0) is 0 Å². The predicted molar refractivity (Wildman–Crippen MR) is 62.7 cm³/mol. The molecule has 2 N–H and O–H groups in total. The smallest absolute Gasteiger partial charge is 0.434 e. The van der Waals surface area contributed by atoms with Crippen LogP contribution in [0.4, 0.5) is 32.0 Å². The first-order chi connectivity index (χ1) is 9.57. The summed E-state index contributed by atoms with van der Waals surface area (Å²) in [6.45, 7) is 0. The molecule has 0 aliphatic carbocycles. The van der Waals surface area contributed by atoms with Gasteiger partial charge in [-0.1, -0.05) is 0 Å². The number of pyridine rings is 1. The Balaban J connectivity index is 2.35. The van der Waals surface area contributed by atoms with Crippen molar-refractivity contribution < 1.29 is 31.1 Å². The molecule has 0 saturated heterocycles. The highest BCUT2D eigenvalue weighted by Gasteiger charge is 2.59. The summed E-state index contributed by atoms with van der Waals surface area (Å²) < 4.78 is 78.3. The zero-order valence-corrected chi connectivity index (χ0v) is 10.2. The maximum absolute atomic E-state index is 12.4. The van der Waals surface area contributed by atoms with Gasteiger partial charge in [0.2, 0.25) is 5.88 Å². The summed E-state index contributed by atoms with van der Waals surface area (Å²) in [4.78, 5) is 3.61. The molecule has 0 amide bonds. The van der Waals surface area contributed by atoms with Gasteiger partial charge in [0, 0.05) is 17.1 Å². The molecule has 2 rings (SSSR count). The van der Waals surface area contributed by atoms with Gasteiger partial charge in [0.15, 0.2) is 0 Å². The Morgan fingerprint density at radius 2 is 1.57 bits per heavy atom. The highest BCUT2D eigenvalue weighted by Crippen LogP contribution is 2.36. The molecule has 0 aliphatic heterocycles. The van der Waals surface area contributed by atoms with E-state index in [9.17, 15) is 26.3 Å². The number of halogens is 6. The quantitative estimate of drug-likeness (QED) is 0.680. The van der Waals surface area contributed by atoms with Crippen molar-refractivity contribution in [3.8, 4) is 5.88 Å². The fourth-order valence-electron chi connectivity index (χ4n) is 1.63. The van der Waals surface area contributed by atoms with E-state index in [1.165, 1.54) is 24.3 Å². The van der Waals surface area contributed by atoms with E-state index in [0.29, 0.717) is 11.1 Å². The van der Waals surface area contributed by atoms with Crippen LogP contribution in [0.15, 0.2) is 30.3 Å². The van der Waals surface area contributed by atoms with Crippen LogP contribution >= 0.6 is 0 Å². The van der Waals surface area contributed by atoms with Crippen LogP contribution in [0.25, 0.3) is 10.9 Å². The summed E-state index contributed by atoms with van der Waals surface area (Å²) in [6, 6.07) is 6.47. The number of hydrogen-bond acceptors (Lipinski definition) is 3. The molecule has 21 heavy (non-hydrogen) atoms. The maximum atomic E-state index is 12.4. The van der Waals surface area contributed by atoms with Gasteiger partial charge in [-0.05, 0) is 24.3 Å². The summed E-state index contributed by atoms with van der Waals surface area (Å²) in [5.74, 6) is -0.771. The highest BCUT2D eigenvalue weighted by molar-refractivity contribution is 5.82. The first-order valence-corrected chi connectivity index (χ1v) is 5.54. The largest absolute Gasteiger partial charge is 0.455 e. The van der Waals surface area contributed by atoms with Crippen molar-refractivity contribution in [2.75, 3.05) is 5.73 Å². The number of alkyl halides is 6. The fourth-order valence-corrected chi connectivity index (χ4v) is 1.63. The Hall–Kier alpha value is -2.19. The van der Waals surface area contributed by atoms with Crippen molar-refractivity contribution in [2.24, 2.45) is 0 Å². The van der Waals surface area contributed by atoms with Gasteiger partial charge in [0.05, 0.1) is 5.52 Å². The van der Waals surface area contributed by atoms with E-state index < -0.39 is 24.3 Å². The van der Waals surface area contributed by atoms with Gasteiger partial charge < -0.3 is 10.5 Å². The number of aromatic nitrogens is 1. The number of ether oxygens (including phenoxy) is 1. The molecule has 0 saturated carbocycles. The molecule has 1 heterocycles. The van der Waals surface area contributed by atoms with E-state index in [2.05, 4.69) is 9.72 Å². The standard InChI is InChI=1S/C12H8F6N2O/c13-11(14,15)10(12(16,17)18)21-9-4-1-6-5-7(19)2-3-8(6)20-9/h1-5,10H,19H2. The SMILES string of the molecule is Nc1ccc2nc(OC(C(F)(F)F)C(F)(F)F)ccc2c1. The molecule has 2 aromatic rings. The monoisotopic (exact) mass is 310 g/mol. The van der Waals surface area contributed by atoms with E-state index in [0.717, 1.165) is 6.07 Å². The van der Waals surface area contributed by atoms with Gasteiger partial charge in [0.1, 0.15) is 0 Å². The zero-order valence-electron chi connectivity index (χ0n) is 10.2. The zero-order chi connectivity index (χ0) is 15.8. The van der Waals surface area contributed by atoms with Crippen molar-refractivity contribution in [1.82, 2.24) is 4.98 Å². The van der Waals surface area contributed by atoms with Crippen molar-refractivity contribution in [2.45, 2.75) is 18.5 Å². The second-order valence-corrected chi connectivity index (χ2v) is 4.18. The molecule has 0 atom stereocenters. The fraction of sp³-hybridized carbons (Fsp3) is 0.250. The van der Waals surface area contributed by atoms with Crippen LogP contribution in [0, 0.1) is 0 Å². The normalized spacial score (nSPS) is 12.9. The molecule has 0 aliphatic rings. The number of hydrogen-bond donors (Lipinski definition) is 1. The third kappa shape index (κ3) is 3.47. The van der Waals surface area contributed by atoms with Crippen molar-refractivity contribution >= 4 is 16.6 Å². The molecule has 3 nitrogen and oxygen atoms in total. The van der Waals surface area contributed by atoms with Crippen LogP contribution in [0.3, 0.4) is 0 Å². The minimum atomic E-state index is -5.59. The van der Waals surface area contributed by atoms with Gasteiger partial charge in [-0.2, -0.15) is 26.3 Å². The Kier molecular flexibility index (Phi) is 3.60. The first-order valence-electron chi connectivity index (χ1n) is 5.54. The minimum absolute atomic E-state index is 0.171. The molecule has 1 aromatic carbocycles. The highest BCUT2D eigenvalue weighted by atomic mass is 19.4. The van der Waals surface area contributed by atoms with E-state index in [-0.39, 0.29) is 5.52 Å². The van der Waals surface area contributed by atoms with Gasteiger partial charge in [-0.3, -0.25) is 0 Å². The van der Waals surface area contributed by atoms with Crippen LogP contribution in [0.1, 0.15) is 0 Å². The van der Waals surface area contributed by atoms with Crippen LogP contribution in [0.2, 0.25) is 0 Å². The summed E-state index contributed by atoms with van der Waals surface area (Å²) in [5, 5.41) is 0.470. The van der Waals surface area contributed by atoms with Gasteiger partial charge in [0.25, 0.3) is 6.10 Å².